The predicted molar refractivity (Wildman–Crippen MR) is 92.7 cm³/mol. The number of aliphatic hydroxyl groups excluding tert-OH is 2. The fourth-order valence-corrected chi connectivity index (χ4v) is 2.46. The Balaban J connectivity index is 3.30. The Labute approximate surface area is 142 Å². The number of ether oxygens (including phenoxy) is 3. The lowest BCUT2D eigenvalue weighted by atomic mass is 10.1. The molecule has 0 amide bonds. The van der Waals surface area contributed by atoms with Gasteiger partial charge in [0.2, 0.25) is 0 Å². The van der Waals surface area contributed by atoms with E-state index < -0.39 is 0 Å². The Kier molecular flexibility index (Phi) is 15.2. The Hall–Kier alpha value is -0.200. The molecule has 0 saturated carbocycles. The summed E-state index contributed by atoms with van der Waals surface area (Å²) in [5, 5.41) is 19.6. The second-order valence-electron chi connectivity index (χ2n) is 6.48. The van der Waals surface area contributed by atoms with E-state index in [4.69, 9.17) is 14.2 Å². The van der Waals surface area contributed by atoms with Gasteiger partial charge < -0.3 is 24.4 Å². The first-order valence-electron chi connectivity index (χ1n) is 8.99. The molecule has 4 unspecified atom stereocenters. The Bertz CT molecular complexity index is 226. The van der Waals surface area contributed by atoms with E-state index in [1.54, 1.807) is 14.2 Å². The fourth-order valence-electron chi connectivity index (χ4n) is 2.46. The number of hydrogen-bond acceptors (Lipinski definition) is 5. The van der Waals surface area contributed by atoms with Crippen LogP contribution in [0.4, 0.5) is 0 Å². The molecule has 5 heteroatoms. The summed E-state index contributed by atoms with van der Waals surface area (Å²) in [5.74, 6) is 0. The first kappa shape index (κ1) is 22.8. The summed E-state index contributed by atoms with van der Waals surface area (Å²) in [4.78, 5) is 0. The highest BCUT2D eigenvalue weighted by atomic mass is 16.5. The van der Waals surface area contributed by atoms with Gasteiger partial charge in [-0.2, -0.15) is 0 Å². The van der Waals surface area contributed by atoms with E-state index in [1.165, 1.54) is 0 Å². The molecular weight excluding hydrogens is 296 g/mol. The number of aliphatic hydroxyl groups is 2. The molecule has 0 aliphatic heterocycles. The molecule has 0 radical (unpaired) electrons. The normalized spacial score (nSPS) is 17.0. The van der Waals surface area contributed by atoms with E-state index in [2.05, 4.69) is 0 Å². The molecule has 0 aliphatic carbocycles. The number of unbranched alkanes of at least 4 members (excludes halogenated alkanes) is 2. The van der Waals surface area contributed by atoms with Crippen LogP contribution in [0.3, 0.4) is 0 Å². The molecule has 0 aromatic rings. The molecule has 0 saturated heterocycles. The van der Waals surface area contributed by atoms with Crippen molar-refractivity contribution in [2.45, 2.75) is 89.6 Å². The van der Waals surface area contributed by atoms with Crippen molar-refractivity contribution in [3.8, 4) is 0 Å². The zero-order chi connectivity index (χ0) is 17.5. The van der Waals surface area contributed by atoms with Crippen molar-refractivity contribution in [1.82, 2.24) is 0 Å². The number of rotatable bonds is 16. The molecule has 0 aromatic carbocycles. The molecule has 140 valence electrons. The van der Waals surface area contributed by atoms with E-state index in [9.17, 15) is 10.2 Å². The molecular formula is C18H38O5. The summed E-state index contributed by atoms with van der Waals surface area (Å²) in [7, 11) is 3.34. The van der Waals surface area contributed by atoms with Crippen LogP contribution in [0, 0.1) is 0 Å². The molecule has 0 fully saturated rings. The van der Waals surface area contributed by atoms with Crippen LogP contribution in [0.1, 0.15) is 65.2 Å². The average molecular weight is 334 g/mol. The van der Waals surface area contributed by atoms with Crippen molar-refractivity contribution in [3.63, 3.8) is 0 Å². The van der Waals surface area contributed by atoms with Crippen LogP contribution in [-0.4, -0.2) is 62.1 Å². The van der Waals surface area contributed by atoms with Gasteiger partial charge in [-0.3, -0.25) is 0 Å². The van der Waals surface area contributed by atoms with Gasteiger partial charge in [-0.25, -0.2) is 0 Å². The van der Waals surface area contributed by atoms with Crippen LogP contribution >= 0.6 is 0 Å². The highest BCUT2D eigenvalue weighted by molar-refractivity contribution is 4.62. The van der Waals surface area contributed by atoms with Crippen molar-refractivity contribution in [1.29, 1.82) is 0 Å². The second kappa shape index (κ2) is 15.3. The zero-order valence-electron chi connectivity index (χ0n) is 15.5. The Morgan fingerprint density at radius 2 is 1.09 bits per heavy atom. The molecule has 4 atom stereocenters. The molecule has 0 aliphatic rings. The topological polar surface area (TPSA) is 68.2 Å². The third kappa shape index (κ3) is 15.1. The maximum Gasteiger partial charge on any atom is 0.0567 e. The lowest BCUT2D eigenvalue weighted by Crippen LogP contribution is -2.17. The van der Waals surface area contributed by atoms with Crippen molar-refractivity contribution < 1.29 is 24.4 Å². The van der Waals surface area contributed by atoms with E-state index in [0.717, 1.165) is 51.7 Å². The minimum atomic E-state index is -0.277. The number of hydrogen-bond donors (Lipinski definition) is 2. The van der Waals surface area contributed by atoms with Gasteiger partial charge in [-0.1, -0.05) is 0 Å². The van der Waals surface area contributed by atoms with Gasteiger partial charge in [0.15, 0.2) is 0 Å². The van der Waals surface area contributed by atoms with Gasteiger partial charge in [-0.05, 0) is 65.2 Å². The molecule has 2 N–H and O–H groups in total. The summed E-state index contributed by atoms with van der Waals surface area (Å²) in [6.45, 7) is 5.43. The highest BCUT2D eigenvalue weighted by Gasteiger charge is 2.10. The van der Waals surface area contributed by atoms with Crippen LogP contribution < -0.4 is 0 Å². The largest absolute Gasteiger partial charge is 0.393 e. The van der Waals surface area contributed by atoms with Gasteiger partial charge in [0.25, 0.3) is 0 Å². The highest BCUT2D eigenvalue weighted by Crippen LogP contribution is 2.10. The SMILES string of the molecule is COC(C)CC(O)CCCCOCCCCC(O)CC(C)OC. The third-order valence-corrected chi connectivity index (χ3v) is 4.16. The summed E-state index contributed by atoms with van der Waals surface area (Å²) in [5.41, 5.74) is 0. The van der Waals surface area contributed by atoms with Crippen molar-refractivity contribution >= 4 is 0 Å². The van der Waals surface area contributed by atoms with E-state index in [0.29, 0.717) is 12.8 Å². The summed E-state index contributed by atoms with van der Waals surface area (Å²) >= 11 is 0. The molecule has 5 nitrogen and oxygen atoms in total. The Morgan fingerprint density at radius 1 is 0.696 bits per heavy atom. The quantitative estimate of drug-likeness (QED) is 0.425. The zero-order valence-corrected chi connectivity index (χ0v) is 15.5. The van der Waals surface area contributed by atoms with Gasteiger partial charge in [-0.15, -0.1) is 0 Å². The van der Waals surface area contributed by atoms with E-state index in [1.807, 2.05) is 13.8 Å². The molecule has 0 aromatic heterocycles. The predicted octanol–water partition coefficient (Wildman–Crippen LogP) is 2.92. The van der Waals surface area contributed by atoms with E-state index in [-0.39, 0.29) is 24.4 Å². The van der Waals surface area contributed by atoms with Gasteiger partial charge in [0.05, 0.1) is 24.4 Å². The van der Waals surface area contributed by atoms with Crippen LogP contribution in [0.5, 0.6) is 0 Å². The standard InChI is InChI=1S/C18H38O5/c1-15(21-3)13-17(19)9-5-7-11-23-12-8-6-10-18(20)14-16(2)22-4/h15-20H,5-14H2,1-4H3. The first-order valence-corrected chi connectivity index (χ1v) is 8.99. The smallest absolute Gasteiger partial charge is 0.0567 e. The summed E-state index contributed by atoms with van der Waals surface area (Å²) in [6.07, 6.45) is 6.59. The molecule has 0 heterocycles. The minimum absolute atomic E-state index is 0.114. The first-order chi connectivity index (χ1) is 11.0. The monoisotopic (exact) mass is 334 g/mol. The average Bonchev–Trinajstić information content (AvgIpc) is 2.52. The summed E-state index contributed by atoms with van der Waals surface area (Å²) in [6, 6.07) is 0. The maximum atomic E-state index is 9.80. The van der Waals surface area contributed by atoms with Crippen molar-refractivity contribution in [2.75, 3.05) is 27.4 Å². The van der Waals surface area contributed by atoms with Crippen molar-refractivity contribution in [2.24, 2.45) is 0 Å². The maximum absolute atomic E-state index is 9.80. The van der Waals surface area contributed by atoms with Crippen LogP contribution in [0.25, 0.3) is 0 Å². The van der Waals surface area contributed by atoms with Crippen LogP contribution in [0.2, 0.25) is 0 Å². The number of methoxy groups -OCH3 is 2. The van der Waals surface area contributed by atoms with Crippen molar-refractivity contribution in [3.05, 3.63) is 0 Å². The molecule has 0 rings (SSSR count). The lowest BCUT2D eigenvalue weighted by molar-refractivity contribution is 0.0487. The van der Waals surface area contributed by atoms with E-state index >= 15 is 0 Å². The second-order valence-corrected chi connectivity index (χ2v) is 6.48. The summed E-state index contributed by atoms with van der Waals surface area (Å²) < 4.78 is 15.9. The minimum Gasteiger partial charge on any atom is -0.393 e. The molecule has 23 heavy (non-hydrogen) atoms. The van der Waals surface area contributed by atoms with Gasteiger partial charge in [0, 0.05) is 27.4 Å². The van der Waals surface area contributed by atoms with Gasteiger partial charge >= 0.3 is 0 Å². The van der Waals surface area contributed by atoms with Crippen LogP contribution in [-0.2, 0) is 14.2 Å². The van der Waals surface area contributed by atoms with Gasteiger partial charge in [0.1, 0.15) is 0 Å². The van der Waals surface area contributed by atoms with Crippen LogP contribution in [0.15, 0.2) is 0 Å². The molecule has 0 spiro atoms. The molecule has 0 bridgehead atoms. The lowest BCUT2D eigenvalue weighted by Gasteiger charge is -2.15. The Morgan fingerprint density at radius 3 is 1.43 bits per heavy atom. The fraction of sp³-hybridized carbons (Fsp3) is 1.00. The third-order valence-electron chi connectivity index (χ3n) is 4.16.